The van der Waals surface area contributed by atoms with Gasteiger partial charge in [-0.1, -0.05) is 26.8 Å². The molecule has 0 saturated carbocycles. The summed E-state index contributed by atoms with van der Waals surface area (Å²) in [6.45, 7) is 5.75. The average Bonchev–Trinajstić information content (AvgIpc) is 2.86. The van der Waals surface area contributed by atoms with Crippen LogP contribution in [0.4, 0.5) is 0 Å². The zero-order valence-electron chi connectivity index (χ0n) is 15.0. The van der Waals surface area contributed by atoms with Gasteiger partial charge in [-0.25, -0.2) is 0 Å². The molecule has 2 aromatic carbocycles. The number of fused-ring (bicyclic) bond motifs is 1. The van der Waals surface area contributed by atoms with Crippen molar-refractivity contribution in [1.82, 2.24) is 0 Å². The number of hydrogen-bond acceptors (Lipinski definition) is 2. The Balaban J connectivity index is -0.000000260. The van der Waals surface area contributed by atoms with Crippen LogP contribution in [0.3, 0.4) is 0 Å². The van der Waals surface area contributed by atoms with Gasteiger partial charge in [0.15, 0.2) is 0 Å². The second-order valence-corrected chi connectivity index (χ2v) is 11.2. The van der Waals surface area contributed by atoms with E-state index in [0.717, 1.165) is 0 Å². The van der Waals surface area contributed by atoms with Crippen molar-refractivity contribution in [3.05, 3.63) is 55.6 Å². The maximum absolute atomic E-state index is 7.91. The first-order valence-electron chi connectivity index (χ1n) is 7.19. The van der Waals surface area contributed by atoms with E-state index in [-0.39, 0.29) is 26.2 Å². The van der Waals surface area contributed by atoms with E-state index in [1.54, 1.807) is 0 Å². The van der Waals surface area contributed by atoms with Gasteiger partial charge in [0.2, 0.25) is 0 Å². The minimum absolute atomic E-state index is 0. The molecule has 6 heteroatoms. The van der Waals surface area contributed by atoms with Crippen LogP contribution in [-0.4, -0.2) is 33.8 Å². The van der Waals surface area contributed by atoms with E-state index in [2.05, 4.69) is 47.3 Å². The van der Waals surface area contributed by atoms with Crippen molar-refractivity contribution in [3.8, 4) is 0 Å². The largest absolute Gasteiger partial charge is 0.358 e. The van der Waals surface area contributed by atoms with Crippen molar-refractivity contribution in [2.24, 2.45) is 0 Å². The van der Waals surface area contributed by atoms with Crippen LogP contribution in [-0.2, 0) is 15.3 Å². The predicted octanol–water partition coefficient (Wildman–Crippen LogP) is 5.55. The quantitative estimate of drug-likeness (QED) is 0.503. The summed E-state index contributed by atoms with van der Waals surface area (Å²) < 4.78 is 0. The van der Waals surface area contributed by atoms with E-state index < -0.39 is 15.3 Å². The van der Waals surface area contributed by atoms with Crippen LogP contribution in [0.25, 0.3) is 16.5 Å². The Labute approximate surface area is 160 Å². The third-order valence-corrected chi connectivity index (χ3v) is 1.86. The molecule has 0 saturated heterocycles. The maximum atomic E-state index is 7.91. The van der Waals surface area contributed by atoms with Crippen LogP contribution in [0.5, 0.6) is 0 Å². The molecule has 0 aromatic heterocycles. The van der Waals surface area contributed by atoms with Crippen molar-refractivity contribution in [1.29, 1.82) is 0 Å². The van der Waals surface area contributed by atoms with E-state index in [9.17, 15) is 0 Å². The summed E-state index contributed by atoms with van der Waals surface area (Å²) >= 11 is -1.64. The van der Waals surface area contributed by atoms with Gasteiger partial charge in [0.1, 0.15) is 0 Å². The fourth-order valence-electron chi connectivity index (χ4n) is 1.14. The maximum Gasteiger partial charge on any atom is -0.0809 e. The molecular weight excluding hydrogens is 381 g/mol. The van der Waals surface area contributed by atoms with Crippen LogP contribution < -0.4 is 0 Å². The second-order valence-electron chi connectivity index (χ2n) is 5.54. The van der Waals surface area contributed by atoms with Gasteiger partial charge in [0.05, 0.1) is 0 Å². The smallest absolute Gasteiger partial charge is 0.0809 e. The molecular formula is C18H30Cl2NO2Ti-3. The monoisotopic (exact) mass is 410 g/mol. The van der Waals surface area contributed by atoms with E-state index in [1.165, 1.54) is 10.8 Å². The molecule has 3 N–H and O–H groups in total. The number of hydrogen-bond donors (Lipinski definition) is 2. The zero-order chi connectivity index (χ0) is 18.3. The summed E-state index contributed by atoms with van der Waals surface area (Å²) in [6, 6.07) is 14.7. The third-order valence-electron chi connectivity index (χ3n) is 1.86. The van der Waals surface area contributed by atoms with Crippen LogP contribution in [0.2, 0.25) is 0 Å². The standard InChI is InChI=1S/C9H7.C4H10N.C3H8O2.CH3.CH2.2ClH.Ti/c1-2-5-9-7-3-6-8(9)4-1;1-4(2,3)5;4-2-1-3-5;;;;;/h1-7H;5H,1-3H3;4-5H,1-3H2;1H3;1H2;2*1H;/q2*-1;;-1;;;;+2/p-2. The molecule has 3 nitrogen and oxygen atoms in total. The fraction of sp³-hybridized carbons (Fsp3) is 0.389. The average molecular weight is 411 g/mol. The first-order valence-corrected chi connectivity index (χ1v) is 12.6. The molecule has 0 amide bonds. The summed E-state index contributed by atoms with van der Waals surface area (Å²) in [6.07, 6.45) is 0.500. The van der Waals surface area contributed by atoms with Gasteiger partial charge in [-0.2, -0.15) is 17.5 Å². The molecule has 0 heterocycles. The summed E-state index contributed by atoms with van der Waals surface area (Å²) in [7, 11) is 10.2. The van der Waals surface area contributed by atoms with E-state index in [1.807, 2.05) is 20.8 Å². The molecule has 0 unspecified atom stereocenters. The zero-order valence-corrected chi connectivity index (χ0v) is 18.1. The van der Waals surface area contributed by atoms with Gasteiger partial charge in [-0.3, -0.25) is 0 Å². The summed E-state index contributed by atoms with van der Waals surface area (Å²) in [5.41, 5.74) is 6.69. The SMILES string of the molecule is CC(C)(C)[NH-].OCCCO.[CH2]=[Ti]([Cl])[Cl].[CH3-].c1ccc2[cH-]ccc2c1. The number of aliphatic hydroxyl groups is 2. The molecule has 0 fully saturated rings. The van der Waals surface area contributed by atoms with Crippen molar-refractivity contribution < 1.29 is 25.5 Å². The normalized spacial score (nSPS) is 9.17. The minimum atomic E-state index is -1.64. The van der Waals surface area contributed by atoms with E-state index in [0.29, 0.717) is 6.42 Å². The van der Waals surface area contributed by atoms with Gasteiger partial charge < -0.3 is 23.4 Å². The van der Waals surface area contributed by atoms with Crippen molar-refractivity contribution in [2.75, 3.05) is 13.2 Å². The summed E-state index contributed by atoms with van der Waals surface area (Å²) in [5, 5.41) is 18.5. The van der Waals surface area contributed by atoms with E-state index in [4.69, 9.17) is 34.6 Å². The minimum Gasteiger partial charge on any atom is -0.358 e. The first kappa shape index (κ1) is 28.7. The number of nitrogens with one attached hydrogen (secondary N) is 1. The number of rotatable bonds is 2. The van der Waals surface area contributed by atoms with E-state index >= 15 is 0 Å². The molecule has 0 aliphatic carbocycles. The van der Waals surface area contributed by atoms with Crippen molar-refractivity contribution in [3.63, 3.8) is 0 Å². The Hall–Kier alpha value is -0.126. The molecule has 0 aliphatic rings. The fourth-order valence-corrected chi connectivity index (χ4v) is 1.14. The number of aliphatic hydroxyl groups excluding tert-OH is 2. The summed E-state index contributed by atoms with van der Waals surface area (Å²) in [4.78, 5) is 3.34. The molecule has 0 spiro atoms. The molecule has 24 heavy (non-hydrogen) atoms. The van der Waals surface area contributed by atoms with Crippen molar-refractivity contribution >= 4 is 34.2 Å². The van der Waals surface area contributed by atoms with Crippen LogP contribution in [0.15, 0.2) is 42.5 Å². The van der Waals surface area contributed by atoms with Gasteiger partial charge in [0, 0.05) is 13.2 Å². The van der Waals surface area contributed by atoms with Crippen LogP contribution >= 0.6 is 18.6 Å². The summed E-state index contributed by atoms with van der Waals surface area (Å²) in [5.74, 6) is 0. The Kier molecular flexibility index (Phi) is 21.1. The Morgan fingerprint density at radius 3 is 1.88 bits per heavy atom. The Bertz CT molecular complexity index is 483. The van der Waals surface area contributed by atoms with Crippen LogP contribution in [0.1, 0.15) is 27.2 Å². The molecule has 2 aromatic rings. The Morgan fingerprint density at radius 1 is 1.12 bits per heavy atom. The predicted molar refractivity (Wildman–Crippen MR) is 108 cm³/mol. The topological polar surface area (TPSA) is 64.3 Å². The molecule has 140 valence electrons. The molecule has 0 radical (unpaired) electrons. The third kappa shape index (κ3) is 26.8. The van der Waals surface area contributed by atoms with Crippen molar-refractivity contribution in [2.45, 2.75) is 32.7 Å². The molecule has 0 atom stereocenters. The Morgan fingerprint density at radius 2 is 1.54 bits per heavy atom. The first-order chi connectivity index (χ1) is 10.6. The molecule has 2 rings (SSSR count). The van der Waals surface area contributed by atoms with Gasteiger partial charge >= 0.3 is 38.7 Å². The molecule has 0 bridgehead atoms. The van der Waals surface area contributed by atoms with Gasteiger partial charge in [-0.05, 0) is 6.42 Å². The number of halogens is 2. The van der Waals surface area contributed by atoms with Gasteiger partial charge in [0.25, 0.3) is 0 Å². The second kappa shape index (κ2) is 17.7. The number of benzene rings is 1. The van der Waals surface area contributed by atoms with Gasteiger partial charge in [-0.15, -0.1) is 35.2 Å². The molecule has 0 aliphatic heterocycles. The van der Waals surface area contributed by atoms with Crippen LogP contribution in [0, 0.1) is 7.43 Å².